The van der Waals surface area contributed by atoms with Gasteiger partial charge in [0.15, 0.2) is 23.2 Å². The van der Waals surface area contributed by atoms with Crippen LogP contribution >= 0.6 is 11.8 Å². The molecule has 0 spiro atoms. The van der Waals surface area contributed by atoms with Gasteiger partial charge in [0.2, 0.25) is 0 Å². The molecule has 0 saturated carbocycles. The second-order valence-corrected chi connectivity index (χ2v) is 7.07. The van der Waals surface area contributed by atoms with Crippen molar-refractivity contribution in [3.8, 4) is 0 Å². The SMILES string of the molecule is CSCC[C@@H](CO)Nc1ncnc2c1ncn2[C@@H]1O[C@H](CO)[C@H](O)C1O. The van der Waals surface area contributed by atoms with Crippen LogP contribution in [0.3, 0.4) is 0 Å². The molecule has 3 rings (SSSR count). The number of hydrogen-bond acceptors (Lipinski definition) is 10. The van der Waals surface area contributed by atoms with Crippen molar-refractivity contribution in [3.05, 3.63) is 12.7 Å². The van der Waals surface area contributed by atoms with Gasteiger partial charge in [0, 0.05) is 0 Å². The Hall–Kier alpha value is -1.50. The molecule has 0 radical (unpaired) electrons. The van der Waals surface area contributed by atoms with E-state index < -0.39 is 31.1 Å². The minimum atomic E-state index is -1.22. The summed E-state index contributed by atoms with van der Waals surface area (Å²) < 4.78 is 7.03. The Morgan fingerprint density at radius 3 is 2.73 bits per heavy atom. The van der Waals surface area contributed by atoms with E-state index in [1.807, 2.05) is 6.26 Å². The zero-order valence-electron chi connectivity index (χ0n) is 14.3. The second kappa shape index (κ2) is 8.46. The van der Waals surface area contributed by atoms with Gasteiger partial charge < -0.3 is 30.5 Å². The Kier molecular flexibility index (Phi) is 6.27. The molecule has 3 heterocycles. The first kappa shape index (κ1) is 19.3. The number of aliphatic hydroxyl groups excluding tert-OH is 4. The lowest BCUT2D eigenvalue weighted by Crippen LogP contribution is -2.33. The summed E-state index contributed by atoms with van der Waals surface area (Å²) in [5.41, 5.74) is 0.881. The van der Waals surface area contributed by atoms with Crippen molar-refractivity contribution in [2.45, 2.75) is 37.0 Å². The van der Waals surface area contributed by atoms with E-state index in [9.17, 15) is 20.4 Å². The van der Waals surface area contributed by atoms with Crippen LogP contribution in [0.1, 0.15) is 12.6 Å². The van der Waals surface area contributed by atoms with Crippen molar-refractivity contribution in [2.24, 2.45) is 0 Å². The normalized spacial score (nSPS) is 27.1. The highest BCUT2D eigenvalue weighted by Crippen LogP contribution is 2.32. The van der Waals surface area contributed by atoms with Gasteiger partial charge in [-0.15, -0.1) is 0 Å². The van der Waals surface area contributed by atoms with E-state index >= 15 is 0 Å². The molecule has 2 aromatic heterocycles. The summed E-state index contributed by atoms with van der Waals surface area (Å²) in [5.74, 6) is 1.37. The van der Waals surface area contributed by atoms with Crippen LogP contribution in [0.5, 0.6) is 0 Å². The Bertz CT molecular complexity index is 732. The number of thioether (sulfide) groups is 1. The van der Waals surface area contributed by atoms with E-state index in [1.165, 1.54) is 17.2 Å². The standard InChI is InChI=1S/C15H23N5O5S/c1-26-3-2-8(4-21)19-13-10-14(17-6-16-13)20(7-18-10)15-12(24)11(23)9(5-22)25-15/h6-9,11-12,15,21-24H,2-5H2,1H3,(H,16,17,19)/t8-,9+,11-,12?,15+/m0/s1. The van der Waals surface area contributed by atoms with Gasteiger partial charge in [-0.3, -0.25) is 4.57 Å². The lowest BCUT2D eigenvalue weighted by molar-refractivity contribution is -0.0511. The van der Waals surface area contributed by atoms with E-state index in [-0.39, 0.29) is 12.6 Å². The largest absolute Gasteiger partial charge is 0.394 e. The molecule has 1 fully saturated rings. The smallest absolute Gasteiger partial charge is 0.167 e. The zero-order chi connectivity index (χ0) is 18.7. The third-order valence-corrected chi connectivity index (χ3v) is 5.03. The molecule has 1 aliphatic heterocycles. The monoisotopic (exact) mass is 385 g/mol. The molecule has 0 bridgehead atoms. The van der Waals surface area contributed by atoms with Crippen molar-refractivity contribution >= 4 is 28.7 Å². The van der Waals surface area contributed by atoms with Gasteiger partial charge in [-0.2, -0.15) is 11.8 Å². The first-order valence-electron chi connectivity index (χ1n) is 8.27. The third-order valence-electron chi connectivity index (χ3n) is 4.38. The highest BCUT2D eigenvalue weighted by atomic mass is 32.2. The average molecular weight is 385 g/mol. The Morgan fingerprint density at radius 2 is 2.08 bits per heavy atom. The number of rotatable bonds is 8. The molecule has 1 aliphatic rings. The summed E-state index contributed by atoms with van der Waals surface area (Å²) in [4.78, 5) is 12.7. The molecule has 2 aromatic rings. The number of fused-ring (bicyclic) bond motifs is 1. The number of aliphatic hydroxyl groups is 4. The Morgan fingerprint density at radius 1 is 1.27 bits per heavy atom. The van der Waals surface area contributed by atoms with E-state index in [0.717, 1.165) is 12.2 Å². The van der Waals surface area contributed by atoms with Gasteiger partial charge in [0.1, 0.15) is 24.6 Å². The average Bonchev–Trinajstić information content (AvgIpc) is 3.21. The van der Waals surface area contributed by atoms with Crippen LogP contribution in [-0.4, -0.2) is 89.5 Å². The number of ether oxygens (including phenoxy) is 1. The van der Waals surface area contributed by atoms with Crippen molar-refractivity contribution in [2.75, 3.05) is 30.5 Å². The summed E-state index contributed by atoms with van der Waals surface area (Å²) in [6.45, 7) is -0.446. The maximum atomic E-state index is 10.2. The van der Waals surface area contributed by atoms with Crippen LogP contribution in [0.4, 0.5) is 5.82 Å². The van der Waals surface area contributed by atoms with Crippen LogP contribution in [-0.2, 0) is 4.74 Å². The molecule has 10 nitrogen and oxygen atoms in total. The summed E-state index contributed by atoms with van der Waals surface area (Å²) in [6.07, 6.45) is 1.35. The number of imidazole rings is 1. The number of hydrogen-bond donors (Lipinski definition) is 5. The topological polar surface area (TPSA) is 146 Å². The molecule has 0 aliphatic carbocycles. The molecule has 144 valence electrons. The van der Waals surface area contributed by atoms with E-state index in [0.29, 0.717) is 17.0 Å². The zero-order valence-corrected chi connectivity index (χ0v) is 15.1. The van der Waals surface area contributed by atoms with E-state index in [1.54, 1.807) is 11.8 Å². The molecular formula is C15H23N5O5S. The predicted octanol–water partition coefficient (Wildman–Crippen LogP) is -1.04. The van der Waals surface area contributed by atoms with Crippen LogP contribution < -0.4 is 5.32 Å². The summed E-state index contributed by atoms with van der Waals surface area (Å²) in [5, 5.41) is 42.1. The molecule has 0 aromatic carbocycles. The Labute approximate surface area is 154 Å². The summed E-state index contributed by atoms with van der Waals surface area (Å²) in [6, 6.07) is -0.167. The quantitative estimate of drug-likeness (QED) is 0.382. The lowest BCUT2D eigenvalue weighted by atomic mass is 10.1. The van der Waals surface area contributed by atoms with Crippen LogP contribution in [0.15, 0.2) is 12.7 Å². The van der Waals surface area contributed by atoms with Crippen LogP contribution in [0.25, 0.3) is 11.2 Å². The van der Waals surface area contributed by atoms with Gasteiger partial charge in [-0.1, -0.05) is 0 Å². The van der Waals surface area contributed by atoms with Crippen molar-refractivity contribution in [1.29, 1.82) is 0 Å². The number of aromatic nitrogens is 4. The minimum Gasteiger partial charge on any atom is -0.394 e. The maximum absolute atomic E-state index is 10.2. The highest BCUT2D eigenvalue weighted by molar-refractivity contribution is 7.98. The van der Waals surface area contributed by atoms with Gasteiger partial charge >= 0.3 is 0 Å². The fraction of sp³-hybridized carbons (Fsp3) is 0.667. The second-order valence-electron chi connectivity index (χ2n) is 6.08. The molecule has 5 atom stereocenters. The fourth-order valence-electron chi connectivity index (χ4n) is 2.92. The third kappa shape index (κ3) is 3.63. The molecule has 1 unspecified atom stereocenters. The highest BCUT2D eigenvalue weighted by Gasteiger charge is 2.44. The maximum Gasteiger partial charge on any atom is 0.167 e. The summed E-state index contributed by atoms with van der Waals surface area (Å²) >= 11 is 1.69. The molecule has 26 heavy (non-hydrogen) atoms. The van der Waals surface area contributed by atoms with Gasteiger partial charge in [-0.05, 0) is 18.4 Å². The van der Waals surface area contributed by atoms with Gasteiger partial charge in [0.05, 0.1) is 25.6 Å². The van der Waals surface area contributed by atoms with Gasteiger partial charge in [-0.25, -0.2) is 15.0 Å². The van der Waals surface area contributed by atoms with Crippen molar-refractivity contribution in [3.63, 3.8) is 0 Å². The molecule has 11 heteroatoms. The molecule has 1 saturated heterocycles. The predicted molar refractivity (Wildman–Crippen MR) is 95.8 cm³/mol. The molecule has 5 N–H and O–H groups in total. The van der Waals surface area contributed by atoms with E-state index in [4.69, 9.17) is 4.74 Å². The van der Waals surface area contributed by atoms with E-state index in [2.05, 4.69) is 20.3 Å². The van der Waals surface area contributed by atoms with Crippen LogP contribution in [0, 0.1) is 0 Å². The van der Waals surface area contributed by atoms with Crippen molar-refractivity contribution in [1.82, 2.24) is 19.5 Å². The fourth-order valence-corrected chi connectivity index (χ4v) is 3.44. The minimum absolute atomic E-state index is 0.0401. The molecular weight excluding hydrogens is 362 g/mol. The molecule has 0 amide bonds. The summed E-state index contributed by atoms with van der Waals surface area (Å²) in [7, 11) is 0. The Balaban J connectivity index is 1.87. The first-order valence-corrected chi connectivity index (χ1v) is 9.66. The lowest BCUT2D eigenvalue weighted by Gasteiger charge is -2.18. The van der Waals surface area contributed by atoms with Crippen molar-refractivity contribution < 1.29 is 25.2 Å². The van der Waals surface area contributed by atoms with Crippen LogP contribution in [0.2, 0.25) is 0 Å². The number of nitrogens with zero attached hydrogens (tertiary/aromatic N) is 4. The number of nitrogens with one attached hydrogen (secondary N) is 1. The first-order chi connectivity index (χ1) is 12.6. The van der Waals surface area contributed by atoms with Gasteiger partial charge in [0.25, 0.3) is 0 Å². The number of anilines is 1.